The van der Waals surface area contributed by atoms with Crippen molar-refractivity contribution in [2.24, 2.45) is 5.92 Å². The predicted molar refractivity (Wildman–Crippen MR) is 77.3 cm³/mol. The summed E-state index contributed by atoms with van der Waals surface area (Å²) in [5, 5.41) is 3.14. The van der Waals surface area contributed by atoms with Crippen LogP contribution in [0.1, 0.15) is 38.3 Å². The van der Waals surface area contributed by atoms with Gasteiger partial charge in [-0.15, -0.1) is 0 Å². The first-order valence-corrected chi connectivity index (χ1v) is 7.51. The highest BCUT2D eigenvalue weighted by Gasteiger charge is 2.22. The summed E-state index contributed by atoms with van der Waals surface area (Å²) in [6.45, 7) is 7.95. The molecule has 1 aromatic heterocycles. The molecule has 0 radical (unpaired) electrons. The van der Waals surface area contributed by atoms with Crippen LogP contribution in [-0.4, -0.2) is 42.6 Å². The minimum atomic E-state index is 0.677. The molecule has 0 amide bonds. The van der Waals surface area contributed by atoms with E-state index in [-0.39, 0.29) is 0 Å². The number of hydrogen-bond donors (Lipinski definition) is 1. The van der Waals surface area contributed by atoms with Gasteiger partial charge in [0, 0.05) is 25.4 Å². The van der Waals surface area contributed by atoms with Crippen molar-refractivity contribution in [3.63, 3.8) is 0 Å². The third-order valence-corrected chi connectivity index (χ3v) is 4.07. The molecule has 1 N–H and O–H groups in total. The van der Waals surface area contributed by atoms with Crippen LogP contribution in [0.25, 0.3) is 0 Å². The van der Waals surface area contributed by atoms with Crippen molar-refractivity contribution in [3.05, 3.63) is 17.8 Å². The van der Waals surface area contributed by atoms with Crippen LogP contribution >= 0.6 is 0 Å². The van der Waals surface area contributed by atoms with Crippen LogP contribution in [0.3, 0.4) is 0 Å². The molecular formula is C15H27N3O. The van der Waals surface area contributed by atoms with Crippen LogP contribution < -0.4 is 5.32 Å². The van der Waals surface area contributed by atoms with Gasteiger partial charge in [0.25, 0.3) is 0 Å². The van der Waals surface area contributed by atoms with Crippen molar-refractivity contribution in [2.45, 2.75) is 45.6 Å². The number of likely N-dealkylation sites (tertiary alicyclic amines) is 1. The maximum atomic E-state index is 5.59. The molecule has 0 saturated carbocycles. The molecule has 1 aliphatic heterocycles. The molecule has 0 aliphatic carbocycles. The lowest BCUT2D eigenvalue weighted by Crippen LogP contribution is -2.38. The molecule has 2 heterocycles. The van der Waals surface area contributed by atoms with Crippen LogP contribution in [0.2, 0.25) is 0 Å². The Balaban J connectivity index is 1.77. The number of rotatable bonds is 6. The van der Waals surface area contributed by atoms with E-state index in [1.54, 1.807) is 0 Å². The van der Waals surface area contributed by atoms with Crippen LogP contribution in [-0.2, 0) is 12.8 Å². The Labute approximate surface area is 116 Å². The van der Waals surface area contributed by atoms with Gasteiger partial charge in [0.1, 0.15) is 6.26 Å². The average Bonchev–Trinajstić information content (AvgIpc) is 2.84. The molecule has 1 aromatic rings. The molecule has 108 valence electrons. The van der Waals surface area contributed by atoms with Crippen LogP contribution in [0.5, 0.6) is 0 Å². The van der Waals surface area contributed by atoms with Gasteiger partial charge in [-0.3, -0.25) is 0 Å². The first kappa shape index (κ1) is 14.5. The summed E-state index contributed by atoms with van der Waals surface area (Å²) in [6, 6.07) is 0.677. The summed E-state index contributed by atoms with van der Waals surface area (Å²) in [6.07, 6.45) is 6.31. The van der Waals surface area contributed by atoms with Crippen molar-refractivity contribution in [3.8, 4) is 0 Å². The molecule has 1 saturated heterocycles. The number of aromatic nitrogens is 1. The average molecular weight is 265 g/mol. The zero-order chi connectivity index (χ0) is 13.7. The van der Waals surface area contributed by atoms with E-state index in [0.717, 1.165) is 36.9 Å². The predicted octanol–water partition coefficient (Wildman–Crippen LogP) is 2.10. The Morgan fingerprint density at radius 2 is 2.16 bits per heavy atom. The Kier molecular flexibility index (Phi) is 5.40. The fraction of sp³-hybridized carbons (Fsp3) is 0.800. The lowest BCUT2D eigenvalue weighted by Gasteiger charge is -2.34. The number of piperidine rings is 1. The molecule has 0 atom stereocenters. The van der Waals surface area contributed by atoms with Crippen molar-refractivity contribution < 1.29 is 4.42 Å². The first-order valence-electron chi connectivity index (χ1n) is 7.51. The van der Waals surface area contributed by atoms with E-state index in [2.05, 4.69) is 29.0 Å². The second kappa shape index (κ2) is 7.06. The van der Waals surface area contributed by atoms with Gasteiger partial charge in [-0.05, 0) is 52.7 Å². The van der Waals surface area contributed by atoms with E-state index < -0.39 is 0 Å². The highest BCUT2D eigenvalue weighted by molar-refractivity contribution is 4.98. The van der Waals surface area contributed by atoms with Gasteiger partial charge >= 0.3 is 0 Å². The standard InChI is InChI=1S/C15H27N3O/c1-12(2)18-8-5-13(6-9-18)10-15-17-14(11-19-15)4-7-16-3/h11-13,16H,4-10H2,1-3H3. The topological polar surface area (TPSA) is 41.3 Å². The summed E-state index contributed by atoms with van der Waals surface area (Å²) in [7, 11) is 1.96. The van der Waals surface area contributed by atoms with E-state index in [0.29, 0.717) is 6.04 Å². The fourth-order valence-electron chi connectivity index (χ4n) is 2.73. The van der Waals surface area contributed by atoms with E-state index in [1.165, 1.54) is 25.9 Å². The molecule has 19 heavy (non-hydrogen) atoms. The lowest BCUT2D eigenvalue weighted by molar-refractivity contribution is 0.146. The van der Waals surface area contributed by atoms with Crippen molar-refractivity contribution in [2.75, 3.05) is 26.7 Å². The van der Waals surface area contributed by atoms with E-state index >= 15 is 0 Å². The fourth-order valence-corrected chi connectivity index (χ4v) is 2.73. The Bertz CT molecular complexity index is 367. The zero-order valence-electron chi connectivity index (χ0n) is 12.5. The molecule has 1 fully saturated rings. The number of likely N-dealkylation sites (N-methyl/N-ethyl adjacent to an activating group) is 1. The lowest BCUT2D eigenvalue weighted by atomic mass is 9.93. The Hall–Kier alpha value is -0.870. The molecule has 0 unspecified atom stereocenters. The van der Waals surface area contributed by atoms with Crippen LogP contribution in [0.4, 0.5) is 0 Å². The third kappa shape index (κ3) is 4.32. The number of nitrogens with zero attached hydrogens (tertiary/aromatic N) is 2. The summed E-state index contributed by atoms with van der Waals surface area (Å²) < 4.78 is 5.59. The van der Waals surface area contributed by atoms with Crippen LogP contribution in [0, 0.1) is 5.92 Å². The highest BCUT2D eigenvalue weighted by Crippen LogP contribution is 2.22. The van der Waals surface area contributed by atoms with E-state index in [9.17, 15) is 0 Å². The molecule has 4 heteroatoms. The normalized spacial score (nSPS) is 18.3. The van der Waals surface area contributed by atoms with Gasteiger partial charge in [0.15, 0.2) is 5.89 Å². The van der Waals surface area contributed by atoms with Crippen molar-refractivity contribution in [1.82, 2.24) is 15.2 Å². The number of oxazole rings is 1. The van der Waals surface area contributed by atoms with Crippen LogP contribution in [0.15, 0.2) is 10.7 Å². The summed E-state index contributed by atoms with van der Waals surface area (Å²) in [4.78, 5) is 7.14. The second-order valence-electron chi connectivity index (χ2n) is 5.86. The van der Waals surface area contributed by atoms with Crippen molar-refractivity contribution >= 4 is 0 Å². The maximum Gasteiger partial charge on any atom is 0.194 e. The highest BCUT2D eigenvalue weighted by atomic mass is 16.3. The number of nitrogens with one attached hydrogen (secondary N) is 1. The quantitative estimate of drug-likeness (QED) is 0.855. The SMILES string of the molecule is CNCCc1coc(CC2CCN(C(C)C)CC2)n1. The largest absolute Gasteiger partial charge is 0.449 e. The van der Waals surface area contributed by atoms with Gasteiger partial charge in [-0.25, -0.2) is 4.98 Å². The summed E-state index contributed by atoms with van der Waals surface area (Å²) in [5.41, 5.74) is 1.07. The molecule has 4 nitrogen and oxygen atoms in total. The molecule has 1 aliphatic rings. The maximum absolute atomic E-state index is 5.59. The van der Waals surface area contributed by atoms with E-state index in [1.807, 2.05) is 13.3 Å². The van der Waals surface area contributed by atoms with Gasteiger partial charge < -0.3 is 14.6 Å². The molecular weight excluding hydrogens is 238 g/mol. The van der Waals surface area contributed by atoms with Gasteiger partial charge in [0.05, 0.1) is 5.69 Å². The molecule has 2 rings (SSSR count). The smallest absolute Gasteiger partial charge is 0.194 e. The van der Waals surface area contributed by atoms with Gasteiger partial charge in [-0.2, -0.15) is 0 Å². The molecule has 0 spiro atoms. The Morgan fingerprint density at radius 3 is 2.79 bits per heavy atom. The van der Waals surface area contributed by atoms with E-state index in [4.69, 9.17) is 4.42 Å². The third-order valence-electron chi connectivity index (χ3n) is 4.07. The second-order valence-corrected chi connectivity index (χ2v) is 5.86. The van der Waals surface area contributed by atoms with Gasteiger partial charge in [0.2, 0.25) is 0 Å². The monoisotopic (exact) mass is 265 g/mol. The summed E-state index contributed by atoms with van der Waals surface area (Å²) in [5.74, 6) is 1.67. The van der Waals surface area contributed by atoms with Crippen molar-refractivity contribution in [1.29, 1.82) is 0 Å². The summed E-state index contributed by atoms with van der Waals surface area (Å²) >= 11 is 0. The minimum absolute atomic E-state index is 0.677. The number of hydrogen-bond acceptors (Lipinski definition) is 4. The minimum Gasteiger partial charge on any atom is -0.449 e. The molecule has 0 aromatic carbocycles. The molecule has 0 bridgehead atoms. The zero-order valence-corrected chi connectivity index (χ0v) is 12.5. The Morgan fingerprint density at radius 1 is 1.42 bits per heavy atom. The first-order chi connectivity index (χ1) is 9.19. The van der Waals surface area contributed by atoms with Gasteiger partial charge in [-0.1, -0.05) is 0 Å².